The van der Waals surface area contributed by atoms with E-state index in [0.29, 0.717) is 11.8 Å². The highest BCUT2D eigenvalue weighted by molar-refractivity contribution is 5.31. The molecule has 1 N–H and O–H groups in total. The first-order chi connectivity index (χ1) is 9.78. The third kappa shape index (κ3) is 3.13. The van der Waals surface area contributed by atoms with Crippen molar-refractivity contribution >= 4 is 0 Å². The Balaban J connectivity index is 1.81. The summed E-state index contributed by atoms with van der Waals surface area (Å²) < 4.78 is 19.0. The van der Waals surface area contributed by atoms with Crippen molar-refractivity contribution in [2.45, 2.75) is 25.3 Å². The molecule has 1 aliphatic heterocycles. The largest absolute Gasteiger partial charge is 0.494 e. The van der Waals surface area contributed by atoms with E-state index in [-0.39, 0.29) is 5.82 Å². The molecule has 1 saturated carbocycles. The van der Waals surface area contributed by atoms with E-state index in [1.807, 2.05) is 6.07 Å². The van der Waals surface area contributed by atoms with Crippen molar-refractivity contribution in [3.8, 4) is 5.75 Å². The van der Waals surface area contributed by atoms with Crippen LogP contribution in [0.1, 0.15) is 30.9 Å². The standard InChI is InChI=1S/C16H23FN2O/c1-20-16-5-4-13(11-14(16)17)15(10-12-2-3-12)19-8-6-18-7-9-19/h4-5,11-12,15,18H,2-3,6-10H2,1H3/t15-/m1/s1. The Bertz CT molecular complexity index is 456. The normalized spacial score (nSPS) is 21.7. The average molecular weight is 278 g/mol. The van der Waals surface area contributed by atoms with Crippen molar-refractivity contribution in [1.82, 2.24) is 10.2 Å². The van der Waals surface area contributed by atoms with Crippen LogP contribution in [-0.2, 0) is 0 Å². The molecule has 1 aromatic carbocycles. The lowest BCUT2D eigenvalue weighted by Crippen LogP contribution is -2.45. The molecule has 1 heterocycles. The second-order valence-electron chi connectivity index (χ2n) is 5.87. The molecule has 0 radical (unpaired) electrons. The summed E-state index contributed by atoms with van der Waals surface area (Å²) in [6, 6.07) is 5.79. The van der Waals surface area contributed by atoms with Crippen molar-refractivity contribution < 1.29 is 9.13 Å². The van der Waals surface area contributed by atoms with E-state index in [1.54, 1.807) is 12.1 Å². The second kappa shape index (κ2) is 6.10. The molecular formula is C16H23FN2O. The minimum Gasteiger partial charge on any atom is -0.494 e. The number of methoxy groups -OCH3 is 1. The van der Waals surface area contributed by atoms with Crippen LogP contribution >= 0.6 is 0 Å². The van der Waals surface area contributed by atoms with Gasteiger partial charge in [-0.2, -0.15) is 0 Å². The van der Waals surface area contributed by atoms with Gasteiger partial charge in [-0.3, -0.25) is 4.90 Å². The zero-order valence-corrected chi connectivity index (χ0v) is 12.1. The minimum atomic E-state index is -0.249. The molecule has 2 fully saturated rings. The van der Waals surface area contributed by atoms with Crippen LogP contribution < -0.4 is 10.1 Å². The fraction of sp³-hybridized carbons (Fsp3) is 0.625. The van der Waals surface area contributed by atoms with Crippen molar-refractivity contribution in [1.29, 1.82) is 0 Å². The Morgan fingerprint density at radius 2 is 2.10 bits per heavy atom. The van der Waals surface area contributed by atoms with Crippen LogP contribution in [0.4, 0.5) is 4.39 Å². The topological polar surface area (TPSA) is 24.5 Å². The predicted octanol–water partition coefficient (Wildman–Crippen LogP) is 2.58. The van der Waals surface area contributed by atoms with E-state index in [0.717, 1.165) is 44.1 Å². The Hall–Kier alpha value is -1.13. The lowest BCUT2D eigenvalue weighted by Gasteiger charge is -2.35. The number of hydrogen-bond acceptors (Lipinski definition) is 3. The summed E-state index contributed by atoms with van der Waals surface area (Å²) in [6.45, 7) is 4.15. The van der Waals surface area contributed by atoms with Crippen LogP contribution in [0, 0.1) is 11.7 Å². The van der Waals surface area contributed by atoms with Crippen LogP contribution in [-0.4, -0.2) is 38.2 Å². The molecule has 4 heteroatoms. The van der Waals surface area contributed by atoms with Crippen molar-refractivity contribution in [2.24, 2.45) is 5.92 Å². The molecule has 0 spiro atoms. The first-order valence-electron chi connectivity index (χ1n) is 7.56. The smallest absolute Gasteiger partial charge is 0.165 e. The molecule has 1 aliphatic carbocycles. The quantitative estimate of drug-likeness (QED) is 0.896. The van der Waals surface area contributed by atoms with Gasteiger partial charge >= 0.3 is 0 Å². The van der Waals surface area contributed by atoms with Gasteiger partial charge in [0.25, 0.3) is 0 Å². The van der Waals surface area contributed by atoms with Gasteiger partial charge in [0, 0.05) is 32.2 Å². The van der Waals surface area contributed by atoms with Gasteiger partial charge in [-0.05, 0) is 30.0 Å². The van der Waals surface area contributed by atoms with E-state index in [9.17, 15) is 4.39 Å². The van der Waals surface area contributed by atoms with E-state index in [1.165, 1.54) is 20.0 Å². The molecule has 3 nitrogen and oxygen atoms in total. The molecule has 3 rings (SSSR count). The van der Waals surface area contributed by atoms with Gasteiger partial charge in [-0.15, -0.1) is 0 Å². The van der Waals surface area contributed by atoms with Gasteiger partial charge in [-0.1, -0.05) is 18.9 Å². The maximum atomic E-state index is 14.0. The molecule has 0 bridgehead atoms. The summed E-state index contributed by atoms with van der Waals surface area (Å²) in [4.78, 5) is 2.50. The first-order valence-corrected chi connectivity index (χ1v) is 7.56. The molecule has 0 aromatic heterocycles. The molecular weight excluding hydrogens is 255 g/mol. The monoisotopic (exact) mass is 278 g/mol. The highest BCUT2D eigenvalue weighted by Crippen LogP contribution is 2.40. The molecule has 0 unspecified atom stereocenters. The third-order valence-electron chi connectivity index (χ3n) is 4.41. The highest BCUT2D eigenvalue weighted by Gasteiger charge is 2.30. The molecule has 110 valence electrons. The molecule has 1 saturated heterocycles. The first kappa shape index (κ1) is 13.8. The average Bonchev–Trinajstić information content (AvgIpc) is 3.30. The maximum Gasteiger partial charge on any atom is 0.165 e. The van der Waals surface area contributed by atoms with Crippen molar-refractivity contribution in [3.63, 3.8) is 0 Å². The fourth-order valence-corrected chi connectivity index (χ4v) is 3.05. The molecule has 0 amide bonds. The molecule has 2 aliphatic rings. The molecule has 20 heavy (non-hydrogen) atoms. The zero-order valence-electron chi connectivity index (χ0n) is 12.1. The van der Waals surface area contributed by atoms with E-state index in [4.69, 9.17) is 4.74 Å². The number of nitrogens with one attached hydrogen (secondary N) is 1. The molecule has 1 aromatic rings. The number of hydrogen-bond donors (Lipinski definition) is 1. The Kier molecular flexibility index (Phi) is 4.22. The zero-order chi connectivity index (χ0) is 13.9. The predicted molar refractivity (Wildman–Crippen MR) is 77.5 cm³/mol. The summed E-state index contributed by atoms with van der Waals surface area (Å²) in [5.41, 5.74) is 1.09. The van der Waals surface area contributed by atoms with Gasteiger partial charge in [0.1, 0.15) is 0 Å². The maximum absolute atomic E-state index is 14.0. The Morgan fingerprint density at radius 3 is 2.70 bits per heavy atom. The number of benzene rings is 1. The lowest BCUT2D eigenvalue weighted by molar-refractivity contribution is 0.160. The number of halogens is 1. The van der Waals surface area contributed by atoms with Crippen LogP contribution in [0.5, 0.6) is 5.75 Å². The van der Waals surface area contributed by atoms with Crippen LogP contribution in [0.3, 0.4) is 0 Å². The second-order valence-corrected chi connectivity index (χ2v) is 5.87. The van der Waals surface area contributed by atoms with Crippen molar-refractivity contribution in [2.75, 3.05) is 33.3 Å². The van der Waals surface area contributed by atoms with Crippen LogP contribution in [0.15, 0.2) is 18.2 Å². The lowest BCUT2D eigenvalue weighted by atomic mass is 9.98. The third-order valence-corrected chi connectivity index (χ3v) is 4.41. The number of nitrogens with zero attached hydrogens (tertiary/aromatic N) is 1. The van der Waals surface area contributed by atoms with Gasteiger partial charge in [0.2, 0.25) is 0 Å². The highest BCUT2D eigenvalue weighted by atomic mass is 19.1. The number of rotatable bonds is 5. The summed E-state index contributed by atoms with van der Waals surface area (Å²) >= 11 is 0. The van der Waals surface area contributed by atoms with Crippen LogP contribution in [0.2, 0.25) is 0 Å². The fourth-order valence-electron chi connectivity index (χ4n) is 3.05. The Morgan fingerprint density at radius 1 is 1.35 bits per heavy atom. The Labute approximate surface area is 120 Å². The number of piperazine rings is 1. The SMILES string of the molecule is COc1ccc([C@@H](CC2CC2)N2CCNCC2)cc1F. The van der Waals surface area contributed by atoms with Gasteiger partial charge < -0.3 is 10.1 Å². The van der Waals surface area contributed by atoms with E-state index >= 15 is 0 Å². The number of ether oxygens (including phenoxy) is 1. The summed E-state index contributed by atoms with van der Waals surface area (Å²) in [7, 11) is 1.51. The van der Waals surface area contributed by atoms with Crippen LogP contribution in [0.25, 0.3) is 0 Å². The minimum absolute atomic E-state index is 0.249. The van der Waals surface area contributed by atoms with Gasteiger partial charge in [0.05, 0.1) is 7.11 Å². The van der Waals surface area contributed by atoms with Gasteiger partial charge in [0.15, 0.2) is 11.6 Å². The summed E-state index contributed by atoms with van der Waals surface area (Å²) in [6.07, 6.45) is 3.83. The van der Waals surface area contributed by atoms with Crippen molar-refractivity contribution in [3.05, 3.63) is 29.6 Å². The van der Waals surface area contributed by atoms with Gasteiger partial charge in [-0.25, -0.2) is 4.39 Å². The van der Waals surface area contributed by atoms with E-state index < -0.39 is 0 Å². The van der Waals surface area contributed by atoms with E-state index in [2.05, 4.69) is 10.2 Å². The summed E-state index contributed by atoms with van der Waals surface area (Å²) in [5.74, 6) is 0.917. The molecule has 1 atom stereocenters. The summed E-state index contributed by atoms with van der Waals surface area (Å²) in [5, 5.41) is 3.38.